The van der Waals surface area contributed by atoms with Gasteiger partial charge in [-0.25, -0.2) is 14.5 Å². The molecule has 3 heterocycles. The average Bonchev–Trinajstić information content (AvgIpc) is 3.14. The van der Waals surface area contributed by atoms with Gasteiger partial charge in [-0.15, -0.1) is 16.4 Å². The lowest BCUT2D eigenvalue weighted by molar-refractivity contribution is 0.0929. The molecule has 1 N–H and O–H groups in total. The number of fused-ring (bicyclic) bond motifs is 1. The van der Waals surface area contributed by atoms with Gasteiger partial charge in [0, 0.05) is 22.7 Å². The molecular weight excluding hydrogens is 324 g/mol. The molecule has 0 saturated carbocycles. The van der Waals surface area contributed by atoms with Crippen molar-refractivity contribution in [2.24, 2.45) is 0 Å². The molecule has 0 aromatic carbocycles. The van der Waals surface area contributed by atoms with Gasteiger partial charge in [-0.1, -0.05) is 20.8 Å². The van der Waals surface area contributed by atoms with Gasteiger partial charge in [-0.05, 0) is 19.9 Å². The van der Waals surface area contributed by atoms with E-state index >= 15 is 0 Å². The Morgan fingerprint density at radius 3 is 2.71 bits per heavy atom. The Labute approximate surface area is 144 Å². The summed E-state index contributed by atoms with van der Waals surface area (Å²) >= 11 is 1.54. The summed E-state index contributed by atoms with van der Waals surface area (Å²) in [6, 6.07) is 1.61. The van der Waals surface area contributed by atoms with Crippen LogP contribution in [-0.4, -0.2) is 30.5 Å². The molecule has 3 aromatic rings. The Balaban J connectivity index is 1.78. The lowest BCUT2D eigenvalue weighted by atomic mass is 9.93. The largest absolute Gasteiger partial charge is 0.340 e. The fourth-order valence-electron chi connectivity index (χ4n) is 2.16. The normalized spacial score (nSPS) is 13.2. The van der Waals surface area contributed by atoms with Crippen LogP contribution < -0.4 is 5.32 Å². The first-order chi connectivity index (χ1) is 11.3. The Morgan fingerprint density at radius 2 is 2.08 bits per heavy atom. The van der Waals surface area contributed by atoms with Gasteiger partial charge in [-0.2, -0.15) is 4.98 Å². The van der Waals surface area contributed by atoms with Gasteiger partial charge in [0.15, 0.2) is 0 Å². The van der Waals surface area contributed by atoms with Crippen LogP contribution in [0.5, 0.6) is 0 Å². The highest BCUT2D eigenvalue weighted by molar-refractivity contribution is 7.09. The predicted molar refractivity (Wildman–Crippen MR) is 92.2 cm³/mol. The number of carbonyl (C=O) groups is 1. The highest BCUT2D eigenvalue weighted by atomic mass is 32.1. The standard InChI is InChI=1S/C16H20N6OS/c1-9-6-7-17-15-20-12(21-22(9)15)13(23)18-10(2)14-19-11(8-24-14)16(3,4)5/h6-8,10H,1-5H3,(H,18,23)/t10-/m1/s1. The Bertz CT molecular complexity index is 891. The van der Waals surface area contributed by atoms with E-state index in [0.29, 0.717) is 5.78 Å². The van der Waals surface area contributed by atoms with E-state index < -0.39 is 0 Å². The van der Waals surface area contributed by atoms with Gasteiger partial charge in [0.25, 0.3) is 11.7 Å². The molecule has 0 spiro atoms. The van der Waals surface area contributed by atoms with Crippen molar-refractivity contribution < 1.29 is 4.79 Å². The van der Waals surface area contributed by atoms with Crippen LogP contribution in [0.15, 0.2) is 17.6 Å². The van der Waals surface area contributed by atoms with Gasteiger partial charge >= 0.3 is 0 Å². The van der Waals surface area contributed by atoms with Crippen LogP contribution in [-0.2, 0) is 5.41 Å². The number of amides is 1. The molecule has 0 saturated heterocycles. The van der Waals surface area contributed by atoms with Gasteiger partial charge < -0.3 is 5.32 Å². The summed E-state index contributed by atoms with van der Waals surface area (Å²) in [5.74, 6) is 0.188. The lowest BCUT2D eigenvalue weighted by Gasteiger charge is -2.15. The molecule has 7 nitrogen and oxygen atoms in total. The van der Waals surface area contributed by atoms with Crippen LogP contribution in [0.4, 0.5) is 0 Å². The summed E-state index contributed by atoms with van der Waals surface area (Å²) in [6.07, 6.45) is 1.65. The summed E-state index contributed by atoms with van der Waals surface area (Å²) in [7, 11) is 0. The van der Waals surface area contributed by atoms with Crippen molar-refractivity contribution in [3.05, 3.63) is 39.9 Å². The molecule has 1 atom stereocenters. The van der Waals surface area contributed by atoms with E-state index in [9.17, 15) is 4.79 Å². The number of nitrogens with zero attached hydrogens (tertiary/aromatic N) is 5. The first-order valence-corrected chi connectivity index (χ1v) is 8.59. The van der Waals surface area contributed by atoms with Crippen molar-refractivity contribution in [1.82, 2.24) is 29.9 Å². The van der Waals surface area contributed by atoms with Crippen LogP contribution in [0.3, 0.4) is 0 Å². The van der Waals surface area contributed by atoms with Crippen molar-refractivity contribution in [3.63, 3.8) is 0 Å². The van der Waals surface area contributed by atoms with Gasteiger partial charge in [0.2, 0.25) is 5.82 Å². The SMILES string of the molecule is Cc1ccnc2nc(C(=O)N[C@H](C)c3nc(C(C)(C)C)cs3)nn12. The molecule has 24 heavy (non-hydrogen) atoms. The maximum absolute atomic E-state index is 12.4. The molecule has 0 aliphatic rings. The minimum absolute atomic E-state index is 0.00910. The number of hydrogen-bond donors (Lipinski definition) is 1. The molecule has 0 bridgehead atoms. The van der Waals surface area contributed by atoms with Crippen LogP contribution >= 0.6 is 11.3 Å². The third-order valence-electron chi connectivity index (χ3n) is 3.64. The second kappa shape index (κ2) is 5.94. The summed E-state index contributed by atoms with van der Waals surface area (Å²) in [5.41, 5.74) is 1.88. The molecule has 0 aliphatic heterocycles. The third-order valence-corrected chi connectivity index (χ3v) is 4.67. The molecule has 0 unspecified atom stereocenters. The Hall–Kier alpha value is -2.35. The summed E-state index contributed by atoms with van der Waals surface area (Å²) < 4.78 is 1.56. The monoisotopic (exact) mass is 344 g/mol. The van der Waals surface area contributed by atoms with E-state index in [0.717, 1.165) is 16.4 Å². The number of rotatable bonds is 3. The number of nitrogens with one attached hydrogen (secondary N) is 1. The Kier molecular flexibility index (Phi) is 4.08. The van der Waals surface area contributed by atoms with Crippen molar-refractivity contribution >= 4 is 23.0 Å². The van der Waals surface area contributed by atoms with Crippen molar-refractivity contribution in [2.75, 3.05) is 0 Å². The maximum atomic E-state index is 12.4. The fourth-order valence-corrected chi connectivity index (χ4v) is 3.21. The molecule has 0 aliphatic carbocycles. The van der Waals surface area contributed by atoms with Crippen LogP contribution in [0.25, 0.3) is 5.78 Å². The van der Waals surface area contributed by atoms with E-state index in [2.05, 4.69) is 46.1 Å². The quantitative estimate of drug-likeness (QED) is 0.789. The predicted octanol–water partition coefficient (Wildman–Crippen LogP) is 2.68. The number of hydrogen-bond acceptors (Lipinski definition) is 6. The summed E-state index contributed by atoms with van der Waals surface area (Å²) in [4.78, 5) is 25.3. The fraction of sp³-hybridized carbons (Fsp3) is 0.438. The molecule has 0 fully saturated rings. The zero-order valence-corrected chi connectivity index (χ0v) is 15.2. The van der Waals surface area contributed by atoms with Crippen molar-refractivity contribution in [1.29, 1.82) is 0 Å². The van der Waals surface area contributed by atoms with Crippen LogP contribution in [0, 0.1) is 6.92 Å². The van der Waals surface area contributed by atoms with E-state index in [1.807, 2.05) is 25.3 Å². The first kappa shape index (κ1) is 16.5. The van der Waals surface area contributed by atoms with Crippen molar-refractivity contribution in [3.8, 4) is 0 Å². The molecule has 1 amide bonds. The zero-order valence-electron chi connectivity index (χ0n) is 14.4. The van der Waals surface area contributed by atoms with E-state index in [4.69, 9.17) is 0 Å². The number of aromatic nitrogens is 5. The van der Waals surface area contributed by atoms with E-state index in [1.54, 1.807) is 22.0 Å². The van der Waals surface area contributed by atoms with E-state index in [1.165, 1.54) is 0 Å². The molecule has 0 radical (unpaired) electrons. The molecule has 3 rings (SSSR count). The smallest absolute Gasteiger partial charge is 0.291 e. The van der Waals surface area contributed by atoms with Crippen molar-refractivity contribution in [2.45, 2.75) is 46.1 Å². The molecule has 126 valence electrons. The van der Waals surface area contributed by atoms with Gasteiger partial charge in [0.05, 0.1) is 11.7 Å². The lowest BCUT2D eigenvalue weighted by Crippen LogP contribution is -2.27. The first-order valence-electron chi connectivity index (χ1n) is 7.71. The Morgan fingerprint density at radius 1 is 1.33 bits per heavy atom. The number of carbonyl (C=O) groups excluding carboxylic acids is 1. The third kappa shape index (κ3) is 3.14. The average molecular weight is 344 g/mol. The minimum Gasteiger partial charge on any atom is -0.340 e. The molecule has 8 heteroatoms. The number of aryl methyl sites for hydroxylation is 1. The highest BCUT2D eigenvalue weighted by Crippen LogP contribution is 2.26. The van der Waals surface area contributed by atoms with Crippen LogP contribution in [0.2, 0.25) is 0 Å². The maximum Gasteiger partial charge on any atom is 0.291 e. The van der Waals surface area contributed by atoms with E-state index in [-0.39, 0.29) is 23.2 Å². The minimum atomic E-state index is -0.333. The number of thiazole rings is 1. The van der Waals surface area contributed by atoms with Gasteiger partial charge in [0.1, 0.15) is 5.01 Å². The second-order valence-corrected chi connectivity index (χ2v) is 7.64. The molecule has 3 aromatic heterocycles. The van der Waals surface area contributed by atoms with Gasteiger partial charge in [-0.3, -0.25) is 4.79 Å². The second-order valence-electron chi connectivity index (χ2n) is 6.75. The topological polar surface area (TPSA) is 85.1 Å². The molecular formula is C16H20N6OS. The van der Waals surface area contributed by atoms with Crippen LogP contribution in [0.1, 0.15) is 60.8 Å². The summed E-state index contributed by atoms with van der Waals surface area (Å²) in [6.45, 7) is 10.1. The highest BCUT2D eigenvalue weighted by Gasteiger charge is 2.22. The zero-order chi connectivity index (χ0) is 17.5. The summed E-state index contributed by atoms with van der Waals surface area (Å²) in [5, 5.41) is 10.0.